The van der Waals surface area contributed by atoms with Crippen LogP contribution in [-0.2, 0) is 0 Å². The van der Waals surface area contributed by atoms with Gasteiger partial charge >= 0.3 is 0 Å². The average Bonchev–Trinajstić information content (AvgIpc) is 2.10. The number of aromatic nitrogens is 3. The zero-order valence-corrected chi connectivity index (χ0v) is 7.57. The molecule has 1 heterocycles. The largest absolute Gasteiger partial charge is 0.138 e. The second-order valence-electron chi connectivity index (χ2n) is 2.23. The lowest BCUT2D eigenvalue weighted by molar-refractivity contribution is 0.786. The zero-order chi connectivity index (χ0) is 8.69. The Hall–Kier alpha value is -0.990. The summed E-state index contributed by atoms with van der Waals surface area (Å²) in [6, 6.07) is 0. The summed E-state index contributed by atoms with van der Waals surface area (Å²) in [5, 5.41) is 10.7. The van der Waals surface area contributed by atoms with Gasteiger partial charge in [-0.1, -0.05) is 27.7 Å². The molecule has 3 heteroatoms. The minimum absolute atomic E-state index is 0.494. The summed E-state index contributed by atoms with van der Waals surface area (Å²) in [7, 11) is 0. The van der Waals surface area contributed by atoms with E-state index >= 15 is 0 Å². The van der Waals surface area contributed by atoms with E-state index in [1.54, 1.807) is 12.4 Å². The van der Waals surface area contributed by atoms with Gasteiger partial charge in [0.1, 0.15) is 0 Å². The molecule has 0 fully saturated rings. The molecule has 0 bridgehead atoms. The maximum Gasteiger partial charge on any atom is 0.0564 e. The Labute approximate surface area is 67.9 Å². The second-order valence-corrected chi connectivity index (χ2v) is 2.23. The molecule has 0 spiro atoms. The number of hydrogen-bond acceptors (Lipinski definition) is 3. The zero-order valence-electron chi connectivity index (χ0n) is 7.57. The van der Waals surface area contributed by atoms with Crippen molar-refractivity contribution in [2.24, 2.45) is 0 Å². The third-order valence-electron chi connectivity index (χ3n) is 1.18. The number of rotatable bonds is 1. The molecule has 1 aromatic heterocycles. The first-order chi connectivity index (χ1) is 5.30. The molecule has 0 aliphatic heterocycles. The lowest BCUT2D eigenvalue weighted by atomic mass is 10.1. The molecule has 62 valence electrons. The molecule has 1 aromatic rings. The summed E-state index contributed by atoms with van der Waals surface area (Å²) in [5.41, 5.74) is 1.13. The molecular weight excluding hydrogens is 138 g/mol. The van der Waals surface area contributed by atoms with Gasteiger partial charge in [0.05, 0.1) is 12.4 Å². The Morgan fingerprint density at radius 1 is 1.09 bits per heavy atom. The fraction of sp³-hybridized carbons (Fsp3) is 0.625. The highest BCUT2D eigenvalue weighted by molar-refractivity contribution is 5.05. The summed E-state index contributed by atoms with van der Waals surface area (Å²) in [4.78, 5) is 0. The fourth-order valence-electron chi connectivity index (χ4n) is 0.546. The van der Waals surface area contributed by atoms with Gasteiger partial charge in [0.15, 0.2) is 0 Å². The molecule has 0 aliphatic rings. The van der Waals surface area contributed by atoms with Gasteiger partial charge in [0.25, 0.3) is 0 Å². The highest BCUT2D eigenvalue weighted by Crippen LogP contribution is 2.08. The maximum absolute atomic E-state index is 3.64. The van der Waals surface area contributed by atoms with Gasteiger partial charge in [0.2, 0.25) is 0 Å². The predicted molar refractivity (Wildman–Crippen MR) is 45.3 cm³/mol. The lowest BCUT2D eigenvalue weighted by Gasteiger charge is -1.99. The second kappa shape index (κ2) is 5.77. The van der Waals surface area contributed by atoms with Crippen LogP contribution in [0.1, 0.15) is 39.2 Å². The average molecular weight is 153 g/mol. The third kappa shape index (κ3) is 3.65. The van der Waals surface area contributed by atoms with Gasteiger partial charge in [0, 0.05) is 0 Å². The Bertz CT molecular complexity index is 172. The van der Waals surface area contributed by atoms with Crippen molar-refractivity contribution in [2.75, 3.05) is 0 Å². The van der Waals surface area contributed by atoms with Gasteiger partial charge in [-0.25, -0.2) is 0 Å². The maximum atomic E-state index is 3.64. The van der Waals surface area contributed by atoms with E-state index in [2.05, 4.69) is 29.3 Å². The Morgan fingerprint density at radius 2 is 1.55 bits per heavy atom. The quantitative estimate of drug-likeness (QED) is 0.619. The Balaban J connectivity index is 0.000000461. The minimum Gasteiger partial charge on any atom is -0.138 e. The molecule has 0 unspecified atom stereocenters. The predicted octanol–water partition coefficient (Wildman–Crippen LogP) is 2.02. The SMILES string of the molecule is CC.CC(C)c1cnnnc1. The van der Waals surface area contributed by atoms with Gasteiger partial charge in [-0.05, 0) is 16.7 Å². The van der Waals surface area contributed by atoms with E-state index in [4.69, 9.17) is 0 Å². The van der Waals surface area contributed by atoms with E-state index in [0.29, 0.717) is 5.92 Å². The normalized spacial score (nSPS) is 8.82. The summed E-state index contributed by atoms with van der Waals surface area (Å²) < 4.78 is 0. The van der Waals surface area contributed by atoms with Crippen molar-refractivity contribution in [3.63, 3.8) is 0 Å². The van der Waals surface area contributed by atoms with E-state index in [-0.39, 0.29) is 0 Å². The Kier molecular flexibility index (Phi) is 5.25. The first-order valence-electron chi connectivity index (χ1n) is 3.94. The van der Waals surface area contributed by atoms with Crippen molar-refractivity contribution >= 4 is 0 Å². The summed E-state index contributed by atoms with van der Waals surface area (Å²) in [6.07, 6.45) is 3.47. The van der Waals surface area contributed by atoms with Crippen LogP contribution < -0.4 is 0 Å². The minimum atomic E-state index is 0.494. The van der Waals surface area contributed by atoms with Crippen LogP contribution in [-0.4, -0.2) is 15.4 Å². The molecule has 1 rings (SSSR count). The molecule has 11 heavy (non-hydrogen) atoms. The molecule has 0 radical (unpaired) electrons. The van der Waals surface area contributed by atoms with Crippen LogP contribution in [0.15, 0.2) is 12.4 Å². The molecule has 0 aliphatic carbocycles. The Morgan fingerprint density at radius 3 is 1.82 bits per heavy atom. The summed E-state index contributed by atoms with van der Waals surface area (Å²) in [5.74, 6) is 0.494. The van der Waals surface area contributed by atoms with Crippen molar-refractivity contribution in [3.8, 4) is 0 Å². The standard InChI is InChI=1S/C6H9N3.C2H6/c1-5(2)6-3-7-9-8-4-6;1-2/h3-5H,1-2H3;1-2H3. The van der Waals surface area contributed by atoms with Gasteiger partial charge in [-0.3, -0.25) is 0 Å². The van der Waals surface area contributed by atoms with Crippen LogP contribution in [0.3, 0.4) is 0 Å². The number of hydrogen-bond donors (Lipinski definition) is 0. The molecule has 0 aromatic carbocycles. The van der Waals surface area contributed by atoms with Crippen molar-refractivity contribution in [3.05, 3.63) is 18.0 Å². The third-order valence-corrected chi connectivity index (χ3v) is 1.18. The van der Waals surface area contributed by atoms with Gasteiger partial charge in [-0.15, -0.1) is 10.2 Å². The van der Waals surface area contributed by atoms with E-state index in [9.17, 15) is 0 Å². The first kappa shape index (κ1) is 10.0. The number of nitrogens with zero attached hydrogens (tertiary/aromatic N) is 3. The molecular formula is C8H15N3. The molecule has 0 saturated heterocycles. The van der Waals surface area contributed by atoms with Crippen molar-refractivity contribution < 1.29 is 0 Å². The van der Waals surface area contributed by atoms with Crippen LogP contribution in [0.25, 0.3) is 0 Å². The molecule has 0 saturated carbocycles. The topological polar surface area (TPSA) is 38.7 Å². The first-order valence-corrected chi connectivity index (χ1v) is 3.94. The van der Waals surface area contributed by atoms with E-state index < -0.39 is 0 Å². The highest BCUT2D eigenvalue weighted by atomic mass is 15.3. The lowest BCUT2D eigenvalue weighted by Crippen LogP contribution is -1.92. The monoisotopic (exact) mass is 153 g/mol. The van der Waals surface area contributed by atoms with Gasteiger partial charge < -0.3 is 0 Å². The van der Waals surface area contributed by atoms with E-state index in [1.807, 2.05) is 13.8 Å². The van der Waals surface area contributed by atoms with Crippen LogP contribution in [0.4, 0.5) is 0 Å². The van der Waals surface area contributed by atoms with Crippen molar-refractivity contribution in [2.45, 2.75) is 33.6 Å². The summed E-state index contributed by atoms with van der Waals surface area (Å²) >= 11 is 0. The van der Waals surface area contributed by atoms with Crippen LogP contribution in [0, 0.1) is 0 Å². The van der Waals surface area contributed by atoms with Crippen LogP contribution in [0.5, 0.6) is 0 Å². The molecule has 0 atom stereocenters. The van der Waals surface area contributed by atoms with Crippen LogP contribution >= 0.6 is 0 Å². The van der Waals surface area contributed by atoms with Crippen molar-refractivity contribution in [1.29, 1.82) is 0 Å². The van der Waals surface area contributed by atoms with Gasteiger partial charge in [-0.2, -0.15) is 0 Å². The molecule has 0 N–H and O–H groups in total. The smallest absolute Gasteiger partial charge is 0.0564 e. The van der Waals surface area contributed by atoms with Crippen molar-refractivity contribution in [1.82, 2.24) is 15.4 Å². The molecule has 0 amide bonds. The highest BCUT2D eigenvalue weighted by Gasteiger charge is 1.96. The summed E-state index contributed by atoms with van der Waals surface area (Å²) in [6.45, 7) is 8.19. The van der Waals surface area contributed by atoms with Crippen LogP contribution in [0.2, 0.25) is 0 Å². The van der Waals surface area contributed by atoms with E-state index in [0.717, 1.165) is 5.56 Å². The van der Waals surface area contributed by atoms with E-state index in [1.165, 1.54) is 0 Å². The molecule has 3 nitrogen and oxygen atoms in total. The fourth-order valence-corrected chi connectivity index (χ4v) is 0.546.